The molecular formula is C13H15BrFN3O. The van der Waals surface area contributed by atoms with E-state index in [1.807, 2.05) is 17.7 Å². The van der Waals surface area contributed by atoms with Crippen LogP contribution in [-0.4, -0.2) is 23.3 Å². The van der Waals surface area contributed by atoms with Gasteiger partial charge in [-0.25, -0.2) is 9.37 Å². The highest BCUT2D eigenvalue weighted by atomic mass is 79.9. The Hall–Kier alpha value is -1.40. The average molecular weight is 328 g/mol. The second-order valence-corrected chi connectivity index (χ2v) is 5.07. The number of methoxy groups -OCH3 is 1. The zero-order valence-corrected chi connectivity index (χ0v) is 12.3. The molecule has 0 aliphatic carbocycles. The Morgan fingerprint density at radius 3 is 3.00 bits per heavy atom. The first kappa shape index (κ1) is 14.0. The van der Waals surface area contributed by atoms with Crippen molar-refractivity contribution in [2.24, 2.45) is 0 Å². The Balaban J connectivity index is 2.19. The Kier molecular flexibility index (Phi) is 4.55. The second kappa shape index (κ2) is 6.16. The molecule has 0 spiro atoms. The molecule has 1 heterocycles. The van der Waals surface area contributed by atoms with E-state index in [1.54, 1.807) is 25.4 Å². The van der Waals surface area contributed by atoms with Gasteiger partial charge < -0.3 is 14.6 Å². The highest BCUT2D eigenvalue weighted by Gasteiger charge is 2.10. The first-order valence-corrected chi connectivity index (χ1v) is 6.65. The van der Waals surface area contributed by atoms with E-state index in [2.05, 4.69) is 26.2 Å². The van der Waals surface area contributed by atoms with Crippen LogP contribution in [-0.2, 0) is 4.74 Å². The molecule has 0 bridgehead atoms. The summed E-state index contributed by atoms with van der Waals surface area (Å²) < 4.78 is 20.7. The number of hydrogen-bond donors (Lipinski definition) is 1. The lowest BCUT2D eigenvalue weighted by Crippen LogP contribution is -2.12. The number of nitrogens with zero attached hydrogens (tertiary/aromatic N) is 2. The van der Waals surface area contributed by atoms with Gasteiger partial charge in [0.05, 0.1) is 17.1 Å². The van der Waals surface area contributed by atoms with E-state index in [9.17, 15) is 4.39 Å². The smallest absolute Gasteiger partial charge is 0.207 e. The molecule has 102 valence electrons. The van der Waals surface area contributed by atoms with Crippen LogP contribution in [0.1, 0.15) is 13.0 Å². The van der Waals surface area contributed by atoms with E-state index in [0.717, 1.165) is 5.69 Å². The molecule has 0 saturated heterocycles. The zero-order valence-electron chi connectivity index (χ0n) is 10.7. The number of halogens is 2. The van der Waals surface area contributed by atoms with Crippen LogP contribution in [0.4, 0.5) is 16.0 Å². The minimum Gasteiger partial charge on any atom is -0.383 e. The number of aromatic nitrogens is 2. The van der Waals surface area contributed by atoms with Gasteiger partial charge in [0, 0.05) is 25.2 Å². The normalized spacial score (nSPS) is 12.4. The van der Waals surface area contributed by atoms with Crippen LogP contribution in [0.2, 0.25) is 0 Å². The summed E-state index contributed by atoms with van der Waals surface area (Å²) in [5, 5.41) is 3.16. The third-order valence-electron chi connectivity index (χ3n) is 2.73. The molecule has 1 aromatic heterocycles. The van der Waals surface area contributed by atoms with Crippen LogP contribution < -0.4 is 5.32 Å². The van der Waals surface area contributed by atoms with Crippen LogP contribution in [0.15, 0.2) is 35.1 Å². The zero-order chi connectivity index (χ0) is 13.8. The van der Waals surface area contributed by atoms with E-state index in [-0.39, 0.29) is 11.9 Å². The maximum atomic E-state index is 13.2. The van der Waals surface area contributed by atoms with E-state index < -0.39 is 0 Å². The van der Waals surface area contributed by atoms with Crippen LogP contribution >= 0.6 is 15.9 Å². The molecule has 19 heavy (non-hydrogen) atoms. The first-order chi connectivity index (χ1) is 9.11. The summed E-state index contributed by atoms with van der Waals surface area (Å²) in [5.74, 6) is 0.407. The predicted octanol–water partition coefficient (Wildman–Crippen LogP) is 3.74. The summed E-state index contributed by atoms with van der Waals surface area (Å²) in [6.45, 7) is 2.63. The van der Waals surface area contributed by atoms with Gasteiger partial charge in [-0.15, -0.1) is 0 Å². The average Bonchev–Trinajstić information content (AvgIpc) is 2.82. The highest BCUT2D eigenvalue weighted by Crippen LogP contribution is 2.23. The summed E-state index contributed by atoms with van der Waals surface area (Å²) in [4.78, 5) is 4.25. The van der Waals surface area contributed by atoms with Crippen LogP contribution in [0.25, 0.3) is 0 Å². The monoisotopic (exact) mass is 327 g/mol. The van der Waals surface area contributed by atoms with Crippen LogP contribution in [0.5, 0.6) is 0 Å². The molecular weight excluding hydrogens is 313 g/mol. The number of imidazole rings is 1. The summed E-state index contributed by atoms with van der Waals surface area (Å²) in [6, 6.07) is 4.91. The second-order valence-electron chi connectivity index (χ2n) is 4.22. The van der Waals surface area contributed by atoms with Gasteiger partial charge >= 0.3 is 0 Å². The third kappa shape index (κ3) is 3.33. The Bertz CT molecular complexity index is 559. The molecule has 0 fully saturated rings. The fourth-order valence-corrected chi connectivity index (χ4v) is 2.17. The molecule has 1 atom stereocenters. The van der Waals surface area contributed by atoms with Crippen molar-refractivity contribution >= 4 is 27.6 Å². The summed E-state index contributed by atoms with van der Waals surface area (Å²) >= 11 is 3.16. The number of anilines is 2. The maximum absolute atomic E-state index is 13.2. The summed E-state index contributed by atoms with van der Waals surface area (Å²) in [6.07, 6.45) is 3.59. The van der Waals surface area contributed by atoms with Crippen LogP contribution in [0, 0.1) is 5.82 Å². The maximum Gasteiger partial charge on any atom is 0.207 e. The van der Waals surface area contributed by atoms with Crippen molar-refractivity contribution in [1.82, 2.24) is 9.55 Å². The number of ether oxygens (including phenoxy) is 1. The van der Waals surface area contributed by atoms with E-state index in [4.69, 9.17) is 4.74 Å². The highest BCUT2D eigenvalue weighted by molar-refractivity contribution is 9.10. The van der Waals surface area contributed by atoms with Crippen molar-refractivity contribution in [3.05, 3.63) is 40.9 Å². The molecule has 1 unspecified atom stereocenters. The van der Waals surface area contributed by atoms with Crippen molar-refractivity contribution in [2.45, 2.75) is 13.0 Å². The van der Waals surface area contributed by atoms with Gasteiger partial charge in [0.25, 0.3) is 0 Å². The van der Waals surface area contributed by atoms with Gasteiger partial charge in [-0.1, -0.05) is 0 Å². The van der Waals surface area contributed by atoms with E-state index >= 15 is 0 Å². The number of nitrogens with one attached hydrogen (secondary N) is 1. The van der Waals surface area contributed by atoms with Gasteiger partial charge in [0.15, 0.2) is 0 Å². The number of hydrogen-bond acceptors (Lipinski definition) is 3. The Morgan fingerprint density at radius 2 is 2.32 bits per heavy atom. The van der Waals surface area contributed by atoms with Gasteiger partial charge in [-0.05, 0) is 41.1 Å². The van der Waals surface area contributed by atoms with Crippen molar-refractivity contribution in [1.29, 1.82) is 0 Å². The molecule has 6 heteroatoms. The molecule has 2 rings (SSSR count). The number of rotatable bonds is 5. The minimum atomic E-state index is -0.290. The molecule has 2 aromatic rings. The van der Waals surface area contributed by atoms with Crippen LogP contribution in [0.3, 0.4) is 0 Å². The summed E-state index contributed by atoms with van der Waals surface area (Å²) in [5.41, 5.74) is 0.769. The molecule has 0 radical (unpaired) electrons. The Labute approximate surface area is 119 Å². The molecule has 0 aliphatic heterocycles. The number of benzene rings is 1. The molecule has 1 aromatic carbocycles. The molecule has 1 N–H and O–H groups in total. The predicted molar refractivity (Wildman–Crippen MR) is 76.2 cm³/mol. The van der Waals surface area contributed by atoms with Gasteiger partial charge in [-0.2, -0.15) is 0 Å². The summed E-state index contributed by atoms with van der Waals surface area (Å²) in [7, 11) is 1.66. The first-order valence-electron chi connectivity index (χ1n) is 5.85. The molecule has 4 nitrogen and oxygen atoms in total. The fraction of sp³-hybridized carbons (Fsp3) is 0.308. The molecule has 0 amide bonds. The standard InChI is InChI=1S/C13H15BrFN3O/c1-9(8-19-2)18-6-5-16-13(18)17-10-3-4-12(15)11(14)7-10/h3-7,9H,8H2,1-2H3,(H,16,17). The van der Waals surface area contributed by atoms with Crippen molar-refractivity contribution in [3.63, 3.8) is 0 Å². The van der Waals surface area contributed by atoms with Gasteiger partial charge in [0.2, 0.25) is 5.95 Å². The van der Waals surface area contributed by atoms with Gasteiger partial charge in [-0.3, -0.25) is 0 Å². The topological polar surface area (TPSA) is 39.1 Å². The lowest BCUT2D eigenvalue weighted by atomic mass is 10.3. The minimum absolute atomic E-state index is 0.166. The van der Waals surface area contributed by atoms with Crippen molar-refractivity contribution < 1.29 is 9.13 Å². The molecule has 0 saturated carbocycles. The van der Waals surface area contributed by atoms with E-state index in [0.29, 0.717) is 17.0 Å². The quantitative estimate of drug-likeness (QED) is 0.909. The lowest BCUT2D eigenvalue weighted by molar-refractivity contribution is 0.163. The SMILES string of the molecule is COCC(C)n1ccnc1Nc1ccc(F)c(Br)c1. The van der Waals surface area contributed by atoms with E-state index in [1.165, 1.54) is 6.07 Å². The molecule has 0 aliphatic rings. The Morgan fingerprint density at radius 1 is 1.53 bits per heavy atom. The van der Waals surface area contributed by atoms with Crippen molar-refractivity contribution in [2.75, 3.05) is 19.0 Å². The lowest BCUT2D eigenvalue weighted by Gasteiger charge is -2.16. The largest absolute Gasteiger partial charge is 0.383 e. The van der Waals surface area contributed by atoms with Crippen molar-refractivity contribution in [3.8, 4) is 0 Å². The third-order valence-corrected chi connectivity index (χ3v) is 3.33. The van der Waals surface area contributed by atoms with Gasteiger partial charge in [0.1, 0.15) is 5.82 Å². The fourth-order valence-electron chi connectivity index (χ4n) is 1.79.